The standard InChI is InChI=1S/C15H22FNO2S/c1-10(20-9-13(18)19-15(2,3)4)14(17)11-5-7-12(16)8-6-11/h5-8,10,14H,9,17H2,1-4H3. The lowest BCUT2D eigenvalue weighted by atomic mass is 10.1. The van der Waals surface area contributed by atoms with Crippen LogP contribution in [0.2, 0.25) is 0 Å². The lowest BCUT2D eigenvalue weighted by molar-refractivity contribution is -0.151. The summed E-state index contributed by atoms with van der Waals surface area (Å²) in [5, 5.41) is 0.0352. The van der Waals surface area contributed by atoms with Gasteiger partial charge in [0.1, 0.15) is 11.4 Å². The summed E-state index contributed by atoms with van der Waals surface area (Å²) in [7, 11) is 0. The zero-order chi connectivity index (χ0) is 15.3. The zero-order valence-corrected chi connectivity index (χ0v) is 13.2. The fourth-order valence-corrected chi connectivity index (χ4v) is 2.45. The van der Waals surface area contributed by atoms with Crippen molar-refractivity contribution in [2.45, 2.75) is 44.6 Å². The van der Waals surface area contributed by atoms with Crippen LogP contribution < -0.4 is 5.73 Å². The van der Waals surface area contributed by atoms with Crippen molar-refractivity contribution < 1.29 is 13.9 Å². The number of nitrogens with two attached hydrogens (primary N) is 1. The number of rotatable bonds is 5. The Morgan fingerprint density at radius 1 is 1.35 bits per heavy atom. The molecule has 0 heterocycles. The fourth-order valence-electron chi connectivity index (χ4n) is 1.63. The molecule has 0 spiro atoms. The molecule has 0 radical (unpaired) electrons. The van der Waals surface area contributed by atoms with Crippen molar-refractivity contribution in [3.8, 4) is 0 Å². The van der Waals surface area contributed by atoms with Gasteiger partial charge in [0.25, 0.3) is 0 Å². The Morgan fingerprint density at radius 2 is 1.90 bits per heavy atom. The van der Waals surface area contributed by atoms with E-state index in [1.54, 1.807) is 12.1 Å². The molecule has 1 aromatic carbocycles. The average Bonchev–Trinajstić information content (AvgIpc) is 2.34. The van der Waals surface area contributed by atoms with Crippen molar-refractivity contribution in [3.63, 3.8) is 0 Å². The minimum absolute atomic E-state index is 0.0352. The first-order valence-electron chi connectivity index (χ1n) is 6.53. The highest BCUT2D eigenvalue weighted by Gasteiger charge is 2.20. The number of hydrogen-bond acceptors (Lipinski definition) is 4. The van der Waals surface area contributed by atoms with Gasteiger partial charge in [0.15, 0.2) is 0 Å². The maximum Gasteiger partial charge on any atom is 0.316 e. The normalized spacial score (nSPS) is 14.7. The van der Waals surface area contributed by atoms with Crippen LogP contribution in [0.5, 0.6) is 0 Å². The zero-order valence-electron chi connectivity index (χ0n) is 12.4. The smallest absolute Gasteiger partial charge is 0.316 e. The number of carbonyl (C=O) groups excluding carboxylic acids is 1. The molecule has 5 heteroatoms. The van der Waals surface area contributed by atoms with Gasteiger partial charge < -0.3 is 10.5 Å². The van der Waals surface area contributed by atoms with Gasteiger partial charge in [-0.3, -0.25) is 4.79 Å². The largest absolute Gasteiger partial charge is 0.459 e. The van der Waals surface area contributed by atoms with E-state index in [0.717, 1.165) is 5.56 Å². The van der Waals surface area contributed by atoms with Crippen LogP contribution in [-0.4, -0.2) is 22.6 Å². The number of ether oxygens (including phenoxy) is 1. The van der Waals surface area contributed by atoms with E-state index >= 15 is 0 Å². The van der Waals surface area contributed by atoms with Crippen LogP contribution in [0.1, 0.15) is 39.3 Å². The Morgan fingerprint density at radius 3 is 2.40 bits per heavy atom. The lowest BCUT2D eigenvalue weighted by Gasteiger charge is -2.22. The van der Waals surface area contributed by atoms with Crippen LogP contribution >= 0.6 is 11.8 Å². The van der Waals surface area contributed by atoms with Crippen molar-refractivity contribution in [2.75, 3.05) is 5.75 Å². The third kappa shape index (κ3) is 5.92. The molecule has 1 aromatic rings. The highest BCUT2D eigenvalue weighted by Crippen LogP contribution is 2.25. The Bertz CT molecular complexity index is 442. The van der Waals surface area contributed by atoms with E-state index in [2.05, 4.69) is 0 Å². The molecule has 2 N–H and O–H groups in total. The first kappa shape index (κ1) is 17.0. The van der Waals surface area contributed by atoms with Gasteiger partial charge in [-0.25, -0.2) is 4.39 Å². The van der Waals surface area contributed by atoms with Crippen molar-refractivity contribution in [1.82, 2.24) is 0 Å². The Hall–Kier alpha value is -1.07. The number of benzene rings is 1. The van der Waals surface area contributed by atoms with E-state index < -0.39 is 5.60 Å². The second-order valence-corrected chi connectivity index (χ2v) is 7.05. The highest BCUT2D eigenvalue weighted by molar-refractivity contribution is 8.00. The second-order valence-electron chi connectivity index (χ2n) is 5.68. The Balaban J connectivity index is 2.48. The fraction of sp³-hybridized carbons (Fsp3) is 0.533. The number of hydrogen-bond donors (Lipinski definition) is 1. The molecular weight excluding hydrogens is 277 g/mol. The number of halogens is 1. The molecule has 112 valence electrons. The van der Waals surface area contributed by atoms with Gasteiger partial charge in [-0.15, -0.1) is 11.8 Å². The molecule has 1 rings (SSSR count). The Labute approximate surface area is 124 Å². The summed E-state index contributed by atoms with van der Waals surface area (Å²) in [5.41, 5.74) is 6.49. The van der Waals surface area contributed by atoms with Crippen LogP contribution in [0, 0.1) is 5.82 Å². The quantitative estimate of drug-likeness (QED) is 0.848. The van der Waals surface area contributed by atoms with Crippen LogP contribution in [-0.2, 0) is 9.53 Å². The third-order valence-electron chi connectivity index (χ3n) is 2.64. The molecule has 2 unspecified atom stereocenters. The second kappa shape index (κ2) is 7.09. The number of esters is 1. The minimum Gasteiger partial charge on any atom is -0.459 e. The summed E-state index contributed by atoms with van der Waals surface area (Å²) in [6, 6.07) is 5.87. The number of thioether (sulfide) groups is 1. The SMILES string of the molecule is CC(SCC(=O)OC(C)(C)C)C(N)c1ccc(F)cc1. The Kier molecular flexibility index (Phi) is 6.02. The van der Waals surface area contributed by atoms with Crippen LogP contribution in [0.4, 0.5) is 4.39 Å². The monoisotopic (exact) mass is 299 g/mol. The summed E-state index contributed by atoms with van der Waals surface area (Å²) in [6.45, 7) is 7.46. The van der Waals surface area contributed by atoms with Gasteiger partial charge in [0.05, 0.1) is 5.75 Å². The molecule has 0 aliphatic carbocycles. The molecule has 0 saturated heterocycles. The summed E-state index contributed by atoms with van der Waals surface area (Å²) in [4.78, 5) is 11.6. The molecule has 3 nitrogen and oxygen atoms in total. The molecule has 0 fully saturated rings. The van der Waals surface area contributed by atoms with Crippen molar-refractivity contribution in [3.05, 3.63) is 35.6 Å². The van der Waals surface area contributed by atoms with E-state index in [-0.39, 0.29) is 28.8 Å². The highest BCUT2D eigenvalue weighted by atomic mass is 32.2. The molecule has 0 aliphatic rings. The van der Waals surface area contributed by atoms with Gasteiger partial charge >= 0.3 is 5.97 Å². The summed E-state index contributed by atoms with van der Waals surface area (Å²) >= 11 is 1.44. The number of carbonyl (C=O) groups is 1. The van der Waals surface area contributed by atoms with Gasteiger partial charge in [-0.2, -0.15) is 0 Å². The summed E-state index contributed by atoms with van der Waals surface area (Å²) in [5.74, 6) is -0.275. The molecule has 0 aromatic heterocycles. The summed E-state index contributed by atoms with van der Waals surface area (Å²) in [6.07, 6.45) is 0. The van der Waals surface area contributed by atoms with Crippen LogP contribution in [0.25, 0.3) is 0 Å². The third-order valence-corrected chi connectivity index (χ3v) is 3.87. The van der Waals surface area contributed by atoms with Gasteiger partial charge in [-0.05, 0) is 38.5 Å². The van der Waals surface area contributed by atoms with Crippen LogP contribution in [0.3, 0.4) is 0 Å². The van der Waals surface area contributed by atoms with Gasteiger partial charge in [0, 0.05) is 11.3 Å². The molecular formula is C15H22FNO2S. The molecule has 0 saturated carbocycles. The maximum absolute atomic E-state index is 12.9. The molecule has 0 aliphatic heterocycles. The van der Waals surface area contributed by atoms with Crippen molar-refractivity contribution >= 4 is 17.7 Å². The maximum atomic E-state index is 12.9. The predicted molar refractivity (Wildman–Crippen MR) is 81.1 cm³/mol. The lowest BCUT2D eigenvalue weighted by Crippen LogP contribution is -2.27. The van der Waals surface area contributed by atoms with Gasteiger partial charge in [-0.1, -0.05) is 19.1 Å². The van der Waals surface area contributed by atoms with E-state index in [1.165, 1.54) is 23.9 Å². The molecule has 20 heavy (non-hydrogen) atoms. The van der Waals surface area contributed by atoms with Crippen molar-refractivity contribution in [2.24, 2.45) is 5.73 Å². The topological polar surface area (TPSA) is 52.3 Å². The van der Waals surface area contributed by atoms with Gasteiger partial charge in [0.2, 0.25) is 0 Å². The van der Waals surface area contributed by atoms with Crippen molar-refractivity contribution in [1.29, 1.82) is 0 Å². The predicted octanol–water partition coefficient (Wildman–Crippen LogP) is 3.29. The van der Waals surface area contributed by atoms with E-state index in [4.69, 9.17) is 10.5 Å². The molecule has 0 bridgehead atoms. The van der Waals surface area contributed by atoms with E-state index in [9.17, 15) is 9.18 Å². The first-order chi connectivity index (χ1) is 9.19. The van der Waals surface area contributed by atoms with E-state index in [0.29, 0.717) is 0 Å². The molecule has 2 atom stereocenters. The summed E-state index contributed by atoms with van der Waals surface area (Å²) < 4.78 is 18.1. The minimum atomic E-state index is -0.472. The van der Waals surface area contributed by atoms with Crippen LogP contribution in [0.15, 0.2) is 24.3 Å². The first-order valence-corrected chi connectivity index (χ1v) is 7.58. The van der Waals surface area contributed by atoms with E-state index in [1.807, 2.05) is 27.7 Å². The molecule has 0 amide bonds. The average molecular weight is 299 g/mol.